The molecule has 116 valence electrons. The first kappa shape index (κ1) is 16.3. The van der Waals surface area contributed by atoms with Gasteiger partial charge < -0.3 is 10.2 Å². The monoisotopic (exact) mass is 306 g/mol. The van der Waals surface area contributed by atoms with Crippen molar-refractivity contribution in [2.24, 2.45) is 0 Å². The lowest BCUT2D eigenvalue weighted by Crippen LogP contribution is -2.36. The van der Waals surface area contributed by atoms with Gasteiger partial charge in [0.15, 0.2) is 0 Å². The van der Waals surface area contributed by atoms with E-state index in [9.17, 15) is 4.79 Å². The van der Waals surface area contributed by atoms with Crippen molar-refractivity contribution in [3.8, 4) is 12.1 Å². The number of hydrogen-bond donors (Lipinski definition) is 1. The summed E-state index contributed by atoms with van der Waals surface area (Å²) in [7, 11) is 0. The molecule has 23 heavy (non-hydrogen) atoms. The summed E-state index contributed by atoms with van der Waals surface area (Å²) in [5.74, 6) is -0.108. The smallest absolute Gasteiger partial charge is 0.241 e. The van der Waals surface area contributed by atoms with Crippen molar-refractivity contribution in [1.82, 2.24) is 4.90 Å². The van der Waals surface area contributed by atoms with Gasteiger partial charge >= 0.3 is 0 Å². The van der Waals surface area contributed by atoms with Crippen LogP contribution in [0.2, 0.25) is 0 Å². The molecule has 0 aliphatic carbocycles. The first-order chi connectivity index (χ1) is 11.3. The van der Waals surface area contributed by atoms with Crippen molar-refractivity contribution in [3.63, 3.8) is 0 Å². The molecular weight excluding hydrogens is 288 g/mol. The van der Waals surface area contributed by atoms with Gasteiger partial charge in [-0.3, -0.25) is 4.79 Å². The SMILES string of the molecule is N#CCCN(CCC#N)C(=O)CNc1cccc2ccccc12. The first-order valence-electron chi connectivity index (χ1n) is 7.49. The van der Waals surface area contributed by atoms with Crippen LogP contribution in [0.5, 0.6) is 0 Å². The maximum Gasteiger partial charge on any atom is 0.241 e. The van der Waals surface area contributed by atoms with Crippen LogP contribution >= 0.6 is 0 Å². The van der Waals surface area contributed by atoms with E-state index in [0.717, 1.165) is 16.5 Å². The zero-order valence-corrected chi connectivity index (χ0v) is 12.8. The minimum absolute atomic E-state index is 0.108. The Balaban J connectivity index is 2.04. The zero-order valence-electron chi connectivity index (χ0n) is 12.8. The standard InChI is InChI=1S/C18H18N4O/c19-10-4-12-22(13-5-11-20)18(23)14-21-17-9-3-7-15-6-1-2-8-16(15)17/h1-3,6-9,21H,4-5,12-14H2. The van der Waals surface area contributed by atoms with Crippen LogP contribution in [0.1, 0.15) is 12.8 Å². The predicted molar refractivity (Wildman–Crippen MR) is 89.5 cm³/mol. The molecule has 0 fully saturated rings. The molecule has 2 rings (SSSR count). The molecule has 1 N–H and O–H groups in total. The third-order valence-corrected chi connectivity index (χ3v) is 3.56. The molecule has 0 aliphatic heterocycles. The van der Waals surface area contributed by atoms with Crippen molar-refractivity contribution in [1.29, 1.82) is 10.5 Å². The Labute approximate surface area is 135 Å². The molecule has 1 amide bonds. The first-order valence-corrected chi connectivity index (χ1v) is 7.49. The molecular formula is C18H18N4O. The molecule has 0 heterocycles. The van der Waals surface area contributed by atoms with Gasteiger partial charge in [0.2, 0.25) is 5.91 Å². The number of hydrogen-bond acceptors (Lipinski definition) is 4. The highest BCUT2D eigenvalue weighted by Gasteiger charge is 2.13. The van der Waals surface area contributed by atoms with E-state index in [1.807, 2.05) is 54.6 Å². The van der Waals surface area contributed by atoms with Crippen LogP contribution in [0.25, 0.3) is 10.8 Å². The van der Waals surface area contributed by atoms with Crippen LogP contribution in [0, 0.1) is 22.7 Å². The number of carbonyl (C=O) groups is 1. The number of anilines is 1. The van der Waals surface area contributed by atoms with Gasteiger partial charge in [-0.2, -0.15) is 10.5 Å². The molecule has 0 unspecified atom stereocenters. The molecule has 2 aromatic rings. The van der Waals surface area contributed by atoms with E-state index in [1.165, 1.54) is 0 Å². The van der Waals surface area contributed by atoms with E-state index in [-0.39, 0.29) is 25.3 Å². The molecule has 0 spiro atoms. The van der Waals surface area contributed by atoms with E-state index < -0.39 is 0 Å². The van der Waals surface area contributed by atoms with Gasteiger partial charge in [0.25, 0.3) is 0 Å². The Bertz CT molecular complexity index is 734. The second-order valence-electron chi connectivity index (χ2n) is 5.08. The number of nitriles is 2. The van der Waals surface area contributed by atoms with Gasteiger partial charge in [-0.05, 0) is 11.5 Å². The highest BCUT2D eigenvalue weighted by molar-refractivity contribution is 5.95. The summed E-state index contributed by atoms with van der Waals surface area (Å²) in [6, 6.07) is 17.9. The zero-order chi connectivity index (χ0) is 16.5. The Morgan fingerprint density at radius 1 is 1.00 bits per heavy atom. The van der Waals surface area contributed by atoms with Crippen LogP contribution in [0.3, 0.4) is 0 Å². The van der Waals surface area contributed by atoms with E-state index in [1.54, 1.807) is 4.90 Å². The summed E-state index contributed by atoms with van der Waals surface area (Å²) < 4.78 is 0. The lowest BCUT2D eigenvalue weighted by Gasteiger charge is -2.21. The van der Waals surface area contributed by atoms with Crippen LogP contribution in [0.4, 0.5) is 5.69 Å². The molecule has 0 aliphatic rings. The largest absolute Gasteiger partial charge is 0.376 e. The molecule has 5 nitrogen and oxygen atoms in total. The lowest BCUT2D eigenvalue weighted by atomic mass is 10.1. The van der Waals surface area contributed by atoms with Crippen LogP contribution in [-0.2, 0) is 4.79 Å². The van der Waals surface area contributed by atoms with E-state index in [0.29, 0.717) is 13.1 Å². The van der Waals surface area contributed by atoms with Gasteiger partial charge in [0.05, 0.1) is 31.5 Å². The van der Waals surface area contributed by atoms with Crippen LogP contribution < -0.4 is 5.32 Å². The average Bonchev–Trinajstić information content (AvgIpc) is 2.59. The lowest BCUT2D eigenvalue weighted by molar-refractivity contribution is -0.129. The number of nitrogens with one attached hydrogen (secondary N) is 1. The van der Waals surface area contributed by atoms with Crippen molar-refractivity contribution in [2.45, 2.75) is 12.8 Å². The molecule has 0 saturated carbocycles. The average molecular weight is 306 g/mol. The Kier molecular flexibility index (Phi) is 5.97. The fourth-order valence-corrected chi connectivity index (χ4v) is 2.39. The second kappa shape index (κ2) is 8.41. The summed E-state index contributed by atoms with van der Waals surface area (Å²) >= 11 is 0. The van der Waals surface area contributed by atoms with Crippen molar-refractivity contribution >= 4 is 22.4 Å². The second-order valence-corrected chi connectivity index (χ2v) is 5.08. The minimum Gasteiger partial charge on any atom is -0.376 e. The van der Waals surface area contributed by atoms with Crippen LogP contribution in [0.15, 0.2) is 42.5 Å². The van der Waals surface area contributed by atoms with Crippen molar-refractivity contribution < 1.29 is 4.79 Å². The Morgan fingerprint density at radius 2 is 1.65 bits per heavy atom. The predicted octanol–water partition coefficient (Wildman–Crippen LogP) is 2.91. The molecule has 5 heteroatoms. The Morgan fingerprint density at radius 3 is 2.35 bits per heavy atom. The van der Waals surface area contributed by atoms with Crippen LogP contribution in [-0.4, -0.2) is 30.4 Å². The van der Waals surface area contributed by atoms with E-state index in [4.69, 9.17) is 10.5 Å². The van der Waals surface area contributed by atoms with Crippen molar-refractivity contribution in [2.75, 3.05) is 25.0 Å². The molecule has 0 saturated heterocycles. The molecule has 0 bridgehead atoms. The number of fused-ring (bicyclic) bond motifs is 1. The van der Waals surface area contributed by atoms with Gasteiger partial charge in [-0.25, -0.2) is 0 Å². The number of rotatable bonds is 7. The van der Waals surface area contributed by atoms with Gasteiger partial charge in [0, 0.05) is 24.2 Å². The summed E-state index contributed by atoms with van der Waals surface area (Å²) in [5, 5.41) is 22.7. The normalized spacial score (nSPS) is 9.83. The fourth-order valence-electron chi connectivity index (χ4n) is 2.39. The van der Waals surface area contributed by atoms with Gasteiger partial charge in [-0.15, -0.1) is 0 Å². The summed E-state index contributed by atoms with van der Waals surface area (Å²) in [4.78, 5) is 13.9. The van der Waals surface area contributed by atoms with Gasteiger partial charge in [-0.1, -0.05) is 36.4 Å². The fraction of sp³-hybridized carbons (Fsp3) is 0.278. The molecule has 0 radical (unpaired) electrons. The maximum atomic E-state index is 12.3. The highest BCUT2D eigenvalue weighted by atomic mass is 16.2. The summed E-state index contributed by atoms with van der Waals surface area (Å²) in [6.45, 7) is 0.854. The quantitative estimate of drug-likeness (QED) is 0.853. The maximum absolute atomic E-state index is 12.3. The number of amides is 1. The number of carbonyl (C=O) groups excluding carboxylic acids is 1. The third kappa shape index (κ3) is 4.46. The highest BCUT2D eigenvalue weighted by Crippen LogP contribution is 2.22. The van der Waals surface area contributed by atoms with E-state index >= 15 is 0 Å². The number of benzene rings is 2. The Hall–Kier alpha value is -3.05. The number of nitrogens with zero attached hydrogens (tertiary/aromatic N) is 3. The summed E-state index contributed by atoms with van der Waals surface area (Å²) in [6.07, 6.45) is 0.539. The topological polar surface area (TPSA) is 79.9 Å². The molecule has 0 aromatic heterocycles. The third-order valence-electron chi connectivity index (χ3n) is 3.56. The summed E-state index contributed by atoms with van der Waals surface area (Å²) in [5.41, 5.74) is 0.900. The van der Waals surface area contributed by atoms with Gasteiger partial charge in [0.1, 0.15) is 0 Å². The minimum atomic E-state index is -0.108. The molecule has 2 aromatic carbocycles. The van der Waals surface area contributed by atoms with E-state index in [2.05, 4.69) is 5.32 Å². The van der Waals surface area contributed by atoms with Crippen molar-refractivity contribution in [3.05, 3.63) is 42.5 Å². The molecule has 0 atom stereocenters.